The number of para-hydroxylation sites is 1. The second-order valence-electron chi connectivity index (χ2n) is 8.48. The first-order valence-corrected chi connectivity index (χ1v) is 12.6. The third kappa shape index (κ3) is 12.7. The molecule has 0 unspecified atom stereocenters. The Morgan fingerprint density at radius 3 is 1.61 bits per heavy atom. The van der Waals surface area contributed by atoms with Gasteiger partial charge in [-0.25, -0.2) is 4.79 Å². The molecule has 0 fully saturated rings. The van der Waals surface area contributed by atoms with E-state index >= 15 is 0 Å². The van der Waals surface area contributed by atoms with Crippen molar-refractivity contribution in [3.05, 3.63) is 23.8 Å². The highest BCUT2D eigenvalue weighted by molar-refractivity contribution is 5.93. The van der Waals surface area contributed by atoms with Crippen LogP contribution < -0.4 is 9.47 Å². The Hall–Kier alpha value is -1.71. The van der Waals surface area contributed by atoms with Crippen LogP contribution in [-0.2, 0) is 4.74 Å². The molecule has 0 aliphatic rings. The molecule has 178 valence electrons. The van der Waals surface area contributed by atoms with Gasteiger partial charge in [-0.3, -0.25) is 0 Å². The minimum atomic E-state index is -0.350. The molecular weight excluding hydrogens is 388 g/mol. The van der Waals surface area contributed by atoms with E-state index in [0.717, 1.165) is 12.8 Å². The van der Waals surface area contributed by atoms with E-state index in [0.29, 0.717) is 23.7 Å². The van der Waals surface area contributed by atoms with Crippen LogP contribution >= 0.6 is 0 Å². The standard InChI is InChI=1S/C27H46O4/c1-4-5-6-7-8-9-10-11-12-13-14-15-16-17-18-19-23-31-27(28)24-21-20-22-25(29-2)26(24)30-3/h20-22H,4-19,23H2,1-3H3. The summed E-state index contributed by atoms with van der Waals surface area (Å²) < 4.78 is 15.9. The molecular formula is C27H46O4. The molecule has 0 radical (unpaired) electrons. The topological polar surface area (TPSA) is 44.8 Å². The Kier molecular flexibility index (Phi) is 16.8. The Morgan fingerprint density at radius 1 is 0.677 bits per heavy atom. The summed E-state index contributed by atoms with van der Waals surface area (Å²) in [5.41, 5.74) is 0.415. The second-order valence-corrected chi connectivity index (χ2v) is 8.48. The van der Waals surface area contributed by atoms with E-state index in [1.54, 1.807) is 25.3 Å². The van der Waals surface area contributed by atoms with E-state index in [9.17, 15) is 4.79 Å². The van der Waals surface area contributed by atoms with Gasteiger partial charge in [-0.2, -0.15) is 0 Å². The lowest BCUT2D eigenvalue weighted by Crippen LogP contribution is -2.09. The van der Waals surface area contributed by atoms with Crippen molar-refractivity contribution in [2.24, 2.45) is 0 Å². The van der Waals surface area contributed by atoms with Crippen molar-refractivity contribution in [1.29, 1.82) is 0 Å². The first-order valence-electron chi connectivity index (χ1n) is 12.6. The number of benzene rings is 1. The van der Waals surface area contributed by atoms with Crippen LogP contribution in [0.25, 0.3) is 0 Å². The van der Waals surface area contributed by atoms with Crippen molar-refractivity contribution in [3.63, 3.8) is 0 Å². The van der Waals surface area contributed by atoms with E-state index in [1.807, 2.05) is 0 Å². The Bertz CT molecular complexity index is 570. The van der Waals surface area contributed by atoms with Gasteiger partial charge in [0.1, 0.15) is 5.56 Å². The molecule has 1 aromatic carbocycles. The highest BCUT2D eigenvalue weighted by Crippen LogP contribution is 2.31. The Balaban J connectivity index is 1.93. The molecule has 4 heteroatoms. The zero-order valence-electron chi connectivity index (χ0n) is 20.4. The van der Waals surface area contributed by atoms with Gasteiger partial charge < -0.3 is 14.2 Å². The molecule has 0 bridgehead atoms. The zero-order chi connectivity index (χ0) is 22.6. The fourth-order valence-corrected chi connectivity index (χ4v) is 3.94. The van der Waals surface area contributed by atoms with E-state index in [-0.39, 0.29) is 5.97 Å². The zero-order valence-corrected chi connectivity index (χ0v) is 20.4. The molecule has 31 heavy (non-hydrogen) atoms. The van der Waals surface area contributed by atoms with E-state index in [1.165, 1.54) is 97.0 Å². The molecule has 0 aromatic heterocycles. The summed E-state index contributed by atoms with van der Waals surface area (Å²) in [6.45, 7) is 2.73. The highest BCUT2D eigenvalue weighted by Gasteiger charge is 2.17. The van der Waals surface area contributed by atoms with Crippen LogP contribution in [0, 0.1) is 0 Å². The van der Waals surface area contributed by atoms with Gasteiger partial charge >= 0.3 is 5.97 Å². The molecule has 1 rings (SSSR count). The van der Waals surface area contributed by atoms with Gasteiger partial charge in [-0.1, -0.05) is 109 Å². The lowest BCUT2D eigenvalue weighted by molar-refractivity contribution is 0.0493. The first-order chi connectivity index (χ1) is 15.2. The number of carbonyl (C=O) groups excluding carboxylic acids is 1. The average molecular weight is 435 g/mol. The van der Waals surface area contributed by atoms with Crippen molar-refractivity contribution in [2.75, 3.05) is 20.8 Å². The van der Waals surface area contributed by atoms with Crippen molar-refractivity contribution < 1.29 is 19.0 Å². The predicted molar refractivity (Wildman–Crippen MR) is 129 cm³/mol. The maximum atomic E-state index is 12.3. The van der Waals surface area contributed by atoms with Crippen molar-refractivity contribution in [3.8, 4) is 11.5 Å². The van der Waals surface area contributed by atoms with Crippen molar-refractivity contribution in [1.82, 2.24) is 0 Å². The van der Waals surface area contributed by atoms with Crippen LogP contribution in [0.1, 0.15) is 120 Å². The minimum absolute atomic E-state index is 0.350. The van der Waals surface area contributed by atoms with Gasteiger partial charge in [0, 0.05) is 0 Å². The van der Waals surface area contributed by atoms with Gasteiger partial charge in [0.05, 0.1) is 20.8 Å². The quantitative estimate of drug-likeness (QED) is 0.153. The summed E-state index contributed by atoms with van der Waals surface area (Å²) in [4.78, 5) is 12.3. The normalized spacial score (nSPS) is 10.8. The largest absolute Gasteiger partial charge is 0.493 e. The number of hydrogen-bond donors (Lipinski definition) is 0. The first kappa shape index (κ1) is 27.3. The fourth-order valence-electron chi connectivity index (χ4n) is 3.94. The van der Waals surface area contributed by atoms with E-state index in [4.69, 9.17) is 14.2 Å². The summed E-state index contributed by atoms with van der Waals surface area (Å²) in [6.07, 6.45) is 21.3. The summed E-state index contributed by atoms with van der Waals surface area (Å²) in [5.74, 6) is 0.623. The third-order valence-electron chi connectivity index (χ3n) is 5.85. The average Bonchev–Trinajstić information content (AvgIpc) is 2.80. The molecule has 0 spiro atoms. The third-order valence-corrected chi connectivity index (χ3v) is 5.85. The minimum Gasteiger partial charge on any atom is -0.493 e. The highest BCUT2D eigenvalue weighted by atomic mass is 16.5. The molecule has 0 saturated heterocycles. The number of ether oxygens (including phenoxy) is 3. The lowest BCUT2D eigenvalue weighted by Gasteiger charge is -2.12. The number of rotatable bonds is 20. The van der Waals surface area contributed by atoms with Crippen molar-refractivity contribution in [2.45, 2.75) is 110 Å². The Morgan fingerprint density at radius 2 is 1.16 bits per heavy atom. The van der Waals surface area contributed by atoms with Crippen LogP contribution in [0.3, 0.4) is 0 Å². The van der Waals surface area contributed by atoms with Crippen LogP contribution in [0.5, 0.6) is 11.5 Å². The van der Waals surface area contributed by atoms with Crippen molar-refractivity contribution >= 4 is 5.97 Å². The molecule has 0 saturated carbocycles. The summed E-state index contributed by atoms with van der Waals surface area (Å²) in [7, 11) is 3.09. The van der Waals surface area contributed by atoms with E-state index in [2.05, 4.69) is 6.92 Å². The van der Waals surface area contributed by atoms with Crippen LogP contribution in [0.2, 0.25) is 0 Å². The molecule has 1 aromatic rings. The van der Waals surface area contributed by atoms with Gasteiger partial charge in [-0.05, 0) is 18.6 Å². The number of carbonyl (C=O) groups is 1. The molecule has 0 aliphatic heterocycles. The van der Waals surface area contributed by atoms with Crippen LogP contribution in [0.4, 0.5) is 0 Å². The summed E-state index contributed by atoms with van der Waals surface area (Å²) >= 11 is 0. The van der Waals surface area contributed by atoms with Crippen LogP contribution in [-0.4, -0.2) is 26.8 Å². The van der Waals surface area contributed by atoms with Crippen LogP contribution in [0.15, 0.2) is 18.2 Å². The van der Waals surface area contributed by atoms with E-state index < -0.39 is 0 Å². The number of esters is 1. The van der Waals surface area contributed by atoms with Gasteiger partial charge in [0.2, 0.25) is 0 Å². The summed E-state index contributed by atoms with van der Waals surface area (Å²) in [5, 5.41) is 0. The maximum absolute atomic E-state index is 12.3. The number of unbranched alkanes of at least 4 members (excludes halogenated alkanes) is 15. The molecule has 0 amide bonds. The monoisotopic (exact) mass is 434 g/mol. The SMILES string of the molecule is CCCCCCCCCCCCCCCCCCOC(=O)c1cccc(OC)c1OC. The van der Waals surface area contributed by atoms with Gasteiger partial charge in [0.25, 0.3) is 0 Å². The Labute approximate surface area is 191 Å². The summed E-state index contributed by atoms with van der Waals surface area (Å²) in [6, 6.07) is 5.25. The number of hydrogen-bond acceptors (Lipinski definition) is 4. The molecule has 4 nitrogen and oxygen atoms in total. The second kappa shape index (κ2) is 19.0. The predicted octanol–water partition coefficient (Wildman–Crippen LogP) is 8.12. The molecule has 0 atom stereocenters. The number of methoxy groups -OCH3 is 2. The van der Waals surface area contributed by atoms with Gasteiger partial charge in [-0.15, -0.1) is 0 Å². The molecule has 0 heterocycles. The smallest absolute Gasteiger partial charge is 0.342 e. The van der Waals surface area contributed by atoms with Gasteiger partial charge in [0.15, 0.2) is 11.5 Å². The molecule has 0 N–H and O–H groups in total. The molecule has 0 aliphatic carbocycles. The lowest BCUT2D eigenvalue weighted by atomic mass is 10.0. The fraction of sp³-hybridized carbons (Fsp3) is 0.741. The maximum Gasteiger partial charge on any atom is 0.342 e.